The molecule has 0 spiro atoms. The zero-order valence-corrected chi connectivity index (χ0v) is 4.17. The van der Waals surface area contributed by atoms with Gasteiger partial charge in [-0.1, -0.05) is 5.10 Å². The molecule has 1 rings (SSSR count). The highest BCUT2D eigenvalue weighted by molar-refractivity contribution is 5.25. The first-order valence-electron chi connectivity index (χ1n) is 2.01. The van der Waals surface area contributed by atoms with Crippen LogP contribution in [0.1, 0.15) is 0 Å². The van der Waals surface area contributed by atoms with Crippen LogP contribution in [0.15, 0.2) is 0 Å². The van der Waals surface area contributed by atoms with Crippen molar-refractivity contribution < 1.29 is 8.78 Å². The highest BCUT2D eigenvalue weighted by atomic mass is 19.2. The molecular weight excluding hydrogens is 130 g/mol. The topological polar surface area (TPSA) is 64.7 Å². The predicted octanol–water partition coefficient (Wildman–Crippen LogP) is -0.268. The molecular formula is C3H2F2N4. The van der Waals surface area contributed by atoms with Crippen LogP contribution in [0.5, 0.6) is 0 Å². The Labute approximate surface area is 48.7 Å². The van der Waals surface area contributed by atoms with Gasteiger partial charge in [0.15, 0.2) is 5.82 Å². The van der Waals surface area contributed by atoms with Crippen molar-refractivity contribution in [3.8, 4) is 0 Å². The molecule has 0 atom stereocenters. The predicted molar refractivity (Wildman–Crippen MR) is 24.2 cm³/mol. The van der Waals surface area contributed by atoms with Crippen LogP contribution in [0.25, 0.3) is 0 Å². The van der Waals surface area contributed by atoms with E-state index in [1.165, 1.54) is 0 Å². The first-order chi connectivity index (χ1) is 4.22. The molecule has 6 heteroatoms. The van der Waals surface area contributed by atoms with E-state index in [0.29, 0.717) is 0 Å². The van der Waals surface area contributed by atoms with E-state index in [1.54, 1.807) is 0 Å². The van der Waals surface area contributed by atoms with Crippen molar-refractivity contribution in [2.45, 2.75) is 0 Å². The largest absolute Gasteiger partial charge is 0.380 e. The maximum atomic E-state index is 12.1. The van der Waals surface area contributed by atoms with Crippen molar-refractivity contribution in [2.24, 2.45) is 0 Å². The summed E-state index contributed by atoms with van der Waals surface area (Å²) in [7, 11) is 0. The van der Waals surface area contributed by atoms with Gasteiger partial charge < -0.3 is 5.73 Å². The standard InChI is InChI=1S/C3H2F2N4/c4-1-2(5)7-9-8-3(1)6/h(H2,6,7,8). The molecule has 2 N–H and O–H groups in total. The molecule has 1 heterocycles. The van der Waals surface area contributed by atoms with Crippen LogP contribution >= 0.6 is 0 Å². The minimum atomic E-state index is -1.33. The molecule has 0 fully saturated rings. The van der Waals surface area contributed by atoms with E-state index in [0.717, 1.165) is 0 Å². The van der Waals surface area contributed by atoms with E-state index in [-0.39, 0.29) is 0 Å². The van der Waals surface area contributed by atoms with Gasteiger partial charge in [0.05, 0.1) is 0 Å². The molecule has 4 nitrogen and oxygen atoms in total. The van der Waals surface area contributed by atoms with E-state index in [2.05, 4.69) is 15.4 Å². The molecule has 0 saturated heterocycles. The van der Waals surface area contributed by atoms with Gasteiger partial charge in [-0.3, -0.25) is 0 Å². The third-order valence-corrected chi connectivity index (χ3v) is 0.691. The zero-order valence-electron chi connectivity index (χ0n) is 4.17. The summed E-state index contributed by atoms with van der Waals surface area (Å²) < 4.78 is 24.0. The minimum absolute atomic E-state index is 0.581. The van der Waals surface area contributed by atoms with Gasteiger partial charge in [-0.05, 0) is 5.21 Å². The van der Waals surface area contributed by atoms with Gasteiger partial charge >= 0.3 is 0 Å². The van der Waals surface area contributed by atoms with Gasteiger partial charge in [0.2, 0.25) is 5.82 Å². The summed E-state index contributed by atoms with van der Waals surface area (Å²) in [6.45, 7) is 0. The fourth-order valence-electron chi connectivity index (χ4n) is 0.303. The van der Waals surface area contributed by atoms with E-state index in [4.69, 9.17) is 5.73 Å². The Morgan fingerprint density at radius 2 is 1.89 bits per heavy atom. The van der Waals surface area contributed by atoms with Crippen LogP contribution in [0.3, 0.4) is 0 Å². The van der Waals surface area contributed by atoms with Crippen LogP contribution in [-0.2, 0) is 0 Å². The number of anilines is 1. The lowest BCUT2D eigenvalue weighted by atomic mass is 10.6. The number of hydrogen-bond acceptors (Lipinski definition) is 4. The van der Waals surface area contributed by atoms with Crippen molar-refractivity contribution in [2.75, 3.05) is 5.73 Å². The molecule has 0 radical (unpaired) electrons. The van der Waals surface area contributed by atoms with Crippen molar-refractivity contribution in [3.63, 3.8) is 0 Å². The summed E-state index contributed by atoms with van der Waals surface area (Å²) >= 11 is 0. The molecule has 9 heavy (non-hydrogen) atoms. The Balaban J connectivity index is 3.25. The van der Waals surface area contributed by atoms with Crippen LogP contribution in [-0.4, -0.2) is 15.4 Å². The number of halogens is 2. The lowest BCUT2D eigenvalue weighted by Crippen LogP contribution is -2.03. The molecule has 0 aliphatic rings. The number of nitrogen functional groups attached to an aromatic ring is 1. The normalized spacial score (nSPS) is 9.56. The van der Waals surface area contributed by atoms with Crippen LogP contribution in [0.4, 0.5) is 14.6 Å². The fourth-order valence-corrected chi connectivity index (χ4v) is 0.303. The summed E-state index contributed by atoms with van der Waals surface area (Å²) in [4.78, 5) is 0. The highest BCUT2D eigenvalue weighted by Crippen LogP contribution is 2.03. The second-order valence-electron chi connectivity index (χ2n) is 1.28. The number of nitrogens with zero attached hydrogens (tertiary/aromatic N) is 3. The van der Waals surface area contributed by atoms with Crippen molar-refractivity contribution >= 4 is 5.82 Å². The van der Waals surface area contributed by atoms with Crippen molar-refractivity contribution in [3.05, 3.63) is 11.8 Å². The Bertz CT molecular complexity index is 205. The Hall–Kier alpha value is -1.33. The van der Waals surface area contributed by atoms with Crippen LogP contribution in [0, 0.1) is 11.8 Å². The van der Waals surface area contributed by atoms with E-state index >= 15 is 0 Å². The Morgan fingerprint density at radius 3 is 2.33 bits per heavy atom. The third kappa shape index (κ3) is 0.906. The summed E-state index contributed by atoms with van der Waals surface area (Å²) in [5, 5.41) is 8.40. The average Bonchev–Trinajstić information content (AvgIpc) is 1.83. The van der Waals surface area contributed by atoms with Crippen molar-refractivity contribution in [1.29, 1.82) is 0 Å². The molecule has 0 aromatic carbocycles. The summed E-state index contributed by atoms with van der Waals surface area (Å²) in [5.74, 6) is -3.17. The summed E-state index contributed by atoms with van der Waals surface area (Å²) in [5.41, 5.74) is 4.79. The molecule has 0 unspecified atom stereocenters. The van der Waals surface area contributed by atoms with Gasteiger partial charge in [-0.15, -0.1) is 5.10 Å². The van der Waals surface area contributed by atoms with E-state index in [9.17, 15) is 8.78 Å². The molecule has 0 bridgehead atoms. The smallest absolute Gasteiger partial charge is 0.274 e. The maximum Gasteiger partial charge on any atom is 0.274 e. The van der Waals surface area contributed by atoms with Gasteiger partial charge in [0.1, 0.15) is 0 Å². The van der Waals surface area contributed by atoms with Gasteiger partial charge in [-0.2, -0.15) is 8.78 Å². The minimum Gasteiger partial charge on any atom is -0.380 e. The van der Waals surface area contributed by atoms with E-state index in [1.807, 2.05) is 0 Å². The zero-order chi connectivity index (χ0) is 6.85. The Morgan fingerprint density at radius 1 is 1.22 bits per heavy atom. The first-order valence-corrected chi connectivity index (χ1v) is 2.01. The number of hydrogen-bond donors (Lipinski definition) is 1. The molecule has 0 amide bonds. The van der Waals surface area contributed by atoms with Crippen molar-refractivity contribution in [1.82, 2.24) is 15.4 Å². The molecule has 1 aromatic rings. The van der Waals surface area contributed by atoms with Gasteiger partial charge in [-0.25, -0.2) is 0 Å². The summed E-state index contributed by atoms with van der Waals surface area (Å²) in [6.07, 6.45) is 0. The number of rotatable bonds is 0. The molecule has 48 valence electrons. The van der Waals surface area contributed by atoms with Crippen LogP contribution < -0.4 is 5.73 Å². The monoisotopic (exact) mass is 132 g/mol. The molecule has 1 aromatic heterocycles. The maximum absolute atomic E-state index is 12.1. The lowest BCUT2D eigenvalue weighted by molar-refractivity contribution is 0.456. The van der Waals surface area contributed by atoms with Gasteiger partial charge in [0.25, 0.3) is 5.95 Å². The molecule has 0 saturated carbocycles. The average molecular weight is 132 g/mol. The first kappa shape index (κ1) is 5.80. The summed E-state index contributed by atoms with van der Waals surface area (Å²) in [6, 6.07) is 0. The highest BCUT2D eigenvalue weighted by Gasteiger charge is 2.06. The van der Waals surface area contributed by atoms with Crippen LogP contribution in [0.2, 0.25) is 0 Å². The quantitative estimate of drug-likeness (QED) is 0.527. The second-order valence-corrected chi connectivity index (χ2v) is 1.28. The SMILES string of the molecule is Nc1nnnc(F)c1F. The second kappa shape index (κ2) is 1.88. The Kier molecular flexibility index (Phi) is 1.21. The van der Waals surface area contributed by atoms with Gasteiger partial charge in [0, 0.05) is 0 Å². The number of nitrogens with two attached hydrogens (primary N) is 1. The fraction of sp³-hybridized carbons (Fsp3) is 0. The lowest BCUT2D eigenvalue weighted by Gasteiger charge is -1.89. The molecule has 0 aliphatic heterocycles. The molecule has 0 aliphatic carbocycles. The number of aromatic nitrogens is 3. The van der Waals surface area contributed by atoms with E-state index < -0.39 is 17.6 Å². The third-order valence-electron chi connectivity index (χ3n) is 0.691.